The molecule has 3 aromatic heterocycles. The van der Waals surface area contributed by atoms with E-state index in [1.165, 1.54) is 12.5 Å². The summed E-state index contributed by atoms with van der Waals surface area (Å²) in [6.45, 7) is 2.49. The van der Waals surface area contributed by atoms with Crippen LogP contribution in [-0.4, -0.2) is 44.7 Å². The van der Waals surface area contributed by atoms with Gasteiger partial charge in [-0.05, 0) is 6.07 Å². The molecule has 0 aliphatic heterocycles. The van der Waals surface area contributed by atoms with Gasteiger partial charge in [-0.15, -0.1) is 11.3 Å². The first-order chi connectivity index (χ1) is 16.5. The molecule has 15 heteroatoms. The van der Waals surface area contributed by atoms with E-state index in [0.717, 1.165) is 17.5 Å². The minimum Gasteiger partial charge on any atom is -0.367 e. The predicted molar refractivity (Wildman–Crippen MR) is 126 cm³/mol. The van der Waals surface area contributed by atoms with Crippen LogP contribution in [0.2, 0.25) is 10.0 Å². The molecular weight excluding hydrogens is 530 g/mol. The van der Waals surface area contributed by atoms with Crippen LogP contribution >= 0.6 is 34.5 Å². The Hall–Kier alpha value is -2.87. The summed E-state index contributed by atoms with van der Waals surface area (Å²) in [6, 6.07) is 0.644. The Morgan fingerprint density at radius 2 is 1.91 bits per heavy atom. The van der Waals surface area contributed by atoms with Crippen molar-refractivity contribution < 1.29 is 22.8 Å². The lowest BCUT2D eigenvalue weighted by atomic mass is 10.0. The molecule has 0 spiro atoms. The van der Waals surface area contributed by atoms with Gasteiger partial charge in [0.1, 0.15) is 33.6 Å². The number of carbonyl (C=O) groups is 2. The van der Waals surface area contributed by atoms with Crippen LogP contribution in [0.4, 0.5) is 24.8 Å². The molecule has 0 saturated heterocycles. The van der Waals surface area contributed by atoms with Crippen LogP contribution in [0, 0.1) is 0 Å². The Morgan fingerprint density at radius 3 is 2.60 bits per heavy atom. The van der Waals surface area contributed by atoms with E-state index in [4.69, 9.17) is 28.9 Å². The molecule has 0 aliphatic rings. The van der Waals surface area contributed by atoms with Crippen molar-refractivity contribution in [2.24, 2.45) is 5.73 Å². The van der Waals surface area contributed by atoms with E-state index in [9.17, 15) is 22.8 Å². The van der Waals surface area contributed by atoms with Crippen molar-refractivity contribution in [3.05, 3.63) is 56.0 Å². The standard InChI is InChI=1S/C20H18Cl2F3N7O2S/c1-9(4-12(33)16-15(22)17(27-3-2-26)31-8-30-16)19-29-7-13(35-19)18(34)32-14-5-10(20(23,24)25)11(21)6-28-14/h5-9H,2-4,26H2,1H3,(H,27,30,31)(H,28,32,34). The second-order valence-corrected chi connectivity index (χ2v) is 9.04. The van der Waals surface area contributed by atoms with Gasteiger partial charge < -0.3 is 16.4 Å². The van der Waals surface area contributed by atoms with Crippen molar-refractivity contribution >= 4 is 57.9 Å². The third-order valence-corrected chi connectivity index (χ3v) is 6.44. The van der Waals surface area contributed by atoms with Gasteiger partial charge in [0, 0.05) is 31.6 Å². The summed E-state index contributed by atoms with van der Waals surface area (Å²) in [5.74, 6) is -1.48. The first-order valence-corrected chi connectivity index (χ1v) is 11.6. The Balaban J connectivity index is 1.69. The van der Waals surface area contributed by atoms with Crippen molar-refractivity contribution in [3.8, 4) is 0 Å². The molecule has 4 N–H and O–H groups in total. The quantitative estimate of drug-likeness (QED) is 0.329. The Morgan fingerprint density at radius 1 is 1.17 bits per heavy atom. The lowest BCUT2D eigenvalue weighted by Crippen LogP contribution is -2.16. The van der Waals surface area contributed by atoms with E-state index in [1.807, 2.05) is 0 Å². The maximum absolute atomic E-state index is 13.0. The fourth-order valence-electron chi connectivity index (χ4n) is 2.86. The number of nitrogens with zero attached hydrogens (tertiary/aromatic N) is 4. The second-order valence-electron chi connectivity index (χ2n) is 7.19. The fourth-order valence-corrected chi connectivity index (χ4v) is 4.21. The Labute approximate surface area is 211 Å². The highest BCUT2D eigenvalue weighted by molar-refractivity contribution is 7.13. The summed E-state index contributed by atoms with van der Waals surface area (Å²) in [5, 5.41) is 5.15. The number of amides is 1. The van der Waals surface area contributed by atoms with Gasteiger partial charge in [-0.3, -0.25) is 9.59 Å². The molecule has 0 radical (unpaired) electrons. The van der Waals surface area contributed by atoms with Crippen molar-refractivity contribution in [1.82, 2.24) is 19.9 Å². The second kappa shape index (κ2) is 11.2. The molecule has 0 aliphatic carbocycles. The summed E-state index contributed by atoms with van der Waals surface area (Å²) < 4.78 is 39.1. The third kappa shape index (κ3) is 6.63. The van der Waals surface area contributed by atoms with Gasteiger partial charge in [-0.2, -0.15) is 13.2 Å². The SMILES string of the molecule is CC(CC(=O)c1ncnc(NCCN)c1Cl)c1ncc(C(=O)Nc2cc(C(F)(F)F)c(Cl)cn2)s1. The average Bonchev–Trinajstić information content (AvgIpc) is 3.29. The van der Waals surface area contributed by atoms with Crippen LogP contribution < -0.4 is 16.4 Å². The predicted octanol–water partition coefficient (Wildman–Crippen LogP) is 4.65. The van der Waals surface area contributed by atoms with E-state index in [-0.39, 0.29) is 33.6 Å². The smallest absolute Gasteiger partial charge is 0.367 e. The largest absolute Gasteiger partial charge is 0.418 e. The molecule has 35 heavy (non-hydrogen) atoms. The van der Waals surface area contributed by atoms with Crippen LogP contribution in [0.25, 0.3) is 0 Å². The van der Waals surface area contributed by atoms with E-state index < -0.39 is 28.6 Å². The normalized spacial score (nSPS) is 12.3. The molecule has 0 bridgehead atoms. The van der Waals surface area contributed by atoms with Gasteiger partial charge >= 0.3 is 6.18 Å². The number of hydrogen-bond acceptors (Lipinski definition) is 9. The Bertz CT molecular complexity index is 1240. The summed E-state index contributed by atoms with van der Waals surface area (Å²) in [4.78, 5) is 41.2. The topological polar surface area (TPSA) is 136 Å². The molecule has 3 rings (SSSR count). The van der Waals surface area contributed by atoms with Crippen LogP contribution in [0.5, 0.6) is 0 Å². The minimum atomic E-state index is -4.70. The van der Waals surface area contributed by atoms with Crippen molar-refractivity contribution in [1.29, 1.82) is 0 Å². The molecule has 186 valence electrons. The number of thiazole rings is 1. The van der Waals surface area contributed by atoms with Gasteiger partial charge in [0.15, 0.2) is 5.78 Å². The number of pyridine rings is 1. The highest BCUT2D eigenvalue weighted by Gasteiger charge is 2.34. The molecule has 9 nitrogen and oxygen atoms in total. The van der Waals surface area contributed by atoms with Crippen LogP contribution in [0.1, 0.15) is 50.0 Å². The maximum Gasteiger partial charge on any atom is 0.418 e. The van der Waals surface area contributed by atoms with Gasteiger partial charge in [0.2, 0.25) is 0 Å². The van der Waals surface area contributed by atoms with E-state index >= 15 is 0 Å². The molecule has 0 fully saturated rings. The molecule has 1 amide bonds. The van der Waals surface area contributed by atoms with Crippen molar-refractivity contribution in [2.75, 3.05) is 23.7 Å². The number of alkyl halides is 3. The molecule has 1 unspecified atom stereocenters. The molecule has 0 aromatic carbocycles. The Kier molecular flexibility index (Phi) is 8.59. The number of ketones is 1. The zero-order chi connectivity index (χ0) is 25.8. The maximum atomic E-state index is 13.0. The third-order valence-electron chi connectivity index (χ3n) is 4.55. The van der Waals surface area contributed by atoms with E-state index in [0.29, 0.717) is 30.0 Å². The van der Waals surface area contributed by atoms with Gasteiger partial charge in [-0.25, -0.2) is 19.9 Å². The summed E-state index contributed by atoms with van der Waals surface area (Å²) in [5.41, 5.74) is 4.37. The van der Waals surface area contributed by atoms with Crippen LogP contribution in [0.3, 0.4) is 0 Å². The number of halogens is 5. The summed E-state index contributed by atoms with van der Waals surface area (Å²) >= 11 is 12.8. The average molecular weight is 548 g/mol. The molecule has 1 atom stereocenters. The monoisotopic (exact) mass is 547 g/mol. The number of carbonyl (C=O) groups excluding carboxylic acids is 2. The van der Waals surface area contributed by atoms with Gasteiger partial charge in [-0.1, -0.05) is 30.1 Å². The number of Topliss-reactive ketones (excluding diaryl/α,β-unsaturated/α-hetero) is 1. The fraction of sp³-hybridized carbons (Fsp3) is 0.300. The number of anilines is 2. The first kappa shape index (κ1) is 26.7. The number of nitrogens with one attached hydrogen (secondary N) is 2. The van der Waals surface area contributed by atoms with Gasteiger partial charge in [0.05, 0.1) is 21.8 Å². The molecule has 3 heterocycles. The van der Waals surface area contributed by atoms with Crippen molar-refractivity contribution in [3.63, 3.8) is 0 Å². The molecular formula is C20H18Cl2F3N7O2S. The molecule has 0 saturated carbocycles. The van der Waals surface area contributed by atoms with Crippen LogP contribution in [0.15, 0.2) is 24.8 Å². The lowest BCUT2D eigenvalue weighted by molar-refractivity contribution is -0.137. The van der Waals surface area contributed by atoms with E-state index in [1.54, 1.807) is 6.92 Å². The number of rotatable bonds is 9. The van der Waals surface area contributed by atoms with Gasteiger partial charge in [0.25, 0.3) is 5.91 Å². The zero-order valence-electron chi connectivity index (χ0n) is 18.0. The number of nitrogens with two attached hydrogens (primary N) is 1. The molecule has 3 aromatic rings. The zero-order valence-corrected chi connectivity index (χ0v) is 20.3. The lowest BCUT2D eigenvalue weighted by Gasteiger charge is -2.11. The number of aromatic nitrogens is 4. The highest BCUT2D eigenvalue weighted by Crippen LogP contribution is 2.35. The van der Waals surface area contributed by atoms with E-state index in [2.05, 4.69) is 30.6 Å². The summed E-state index contributed by atoms with van der Waals surface area (Å²) in [7, 11) is 0. The van der Waals surface area contributed by atoms with Crippen LogP contribution in [-0.2, 0) is 6.18 Å². The minimum absolute atomic E-state index is 0.00465. The highest BCUT2D eigenvalue weighted by atomic mass is 35.5. The summed E-state index contributed by atoms with van der Waals surface area (Å²) in [6.07, 6.45) is -1.42. The van der Waals surface area contributed by atoms with Crippen molar-refractivity contribution in [2.45, 2.75) is 25.4 Å². The number of hydrogen-bond donors (Lipinski definition) is 3. The first-order valence-electron chi connectivity index (χ1n) is 9.98.